The van der Waals surface area contributed by atoms with E-state index in [0.29, 0.717) is 16.6 Å². The molecule has 0 aliphatic heterocycles. The fourth-order valence-corrected chi connectivity index (χ4v) is 3.88. The standard InChI is InChI=1S/C16H18N6O3S2/c1-9-8-10(2)22-15(18-9)20-21-16(22)26-11(3)14(23)19-12-4-6-13(7-5-12)27(17,24)25/h4-8,11H,1-3H3,(H,19,23)(H2,17,24,25)/t11-/m1/s1. The summed E-state index contributed by atoms with van der Waals surface area (Å²) in [5.41, 5.74) is 2.24. The Hall–Kier alpha value is -2.50. The number of hydrogen-bond donors (Lipinski definition) is 2. The number of nitrogens with zero attached hydrogens (tertiary/aromatic N) is 4. The first-order valence-electron chi connectivity index (χ1n) is 7.95. The maximum Gasteiger partial charge on any atom is 0.256 e. The number of carbonyl (C=O) groups is 1. The van der Waals surface area contributed by atoms with Crippen molar-refractivity contribution in [3.05, 3.63) is 41.7 Å². The number of nitrogens with one attached hydrogen (secondary N) is 1. The number of aryl methyl sites for hydroxylation is 2. The van der Waals surface area contributed by atoms with Crippen molar-refractivity contribution in [3.63, 3.8) is 0 Å². The average molecular weight is 406 g/mol. The van der Waals surface area contributed by atoms with Crippen LogP contribution in [0.5, 0.6) is 0 Å². The van der Waals surface area contributed by atoms with E-state index in [1.807, 2.05) is 19.9 Å². The predicted octanol–water partition coefficient (Wildman–Crippen LogP) is 1.51. The fraction of sp³-hybridized carbons (Fsp3) is 0.250. The lowest BCUT2D eigenvalue weighted by atomic mass is 10.3. The molecule has 0 bridgehead atoms. The van der Waals surface area contributed by atoms with Crippen LogP contribution in [-0.4, -0.2) is 39.2 Å². The first-order chi connectivity index (χ1) is 12.6. The van der Waals surface area contributed by atoms with E-state index in [1.165, 1.54) is 36.0 Å². The summed E-state index contributed by atoms with van der Waals surface area (Å²) >= 11 is 1.26. The van der Waals surface area contributed by atoms with E-state index in [-0.39, 0.29) is 10.8 Å². The average Bonchev–Trinajstić information content (AvgIpc) is 2.97. The molecule has 0 saturated heterocycles. The van der Waals surface area contributed by atoms with Crippen LogP contribution in [0.2, 0.25) is 0 Å². The maximum absolute atomic E-state index is 12.4. The normalized spacial score (nSPS) is 12.9. The minimum Gasteiger partial charge on any atom is -0.325 e. The number of anilines is 1. The Morgan fingerprint density at radius 3 is 2.52 bits per heavy atom. The molecule has 11 heteroatoms. The van der Waals surface area contributed by atoms with Crippen molar-refractivity contribution in [2.45, 2.75) is 36.1 Å². The lowest BCUT2D eigenvalue weighted by Crippen LogP contribution is -2.23. The first-order valence-corrected chi connectivity index (χ1v) is 10.4. The molecule has 1 aromatic carbocycles. The van der Waals surface area contributed by atoms with Crippen molar-refractivity contribution in [1.29, 1.82) is 0 Å². The number of aromatic nitrogens is 4. The third-order valence-electron chi connectivity index (χ3n) is 3.76. The van der Waals surface area contributed by atoms with Gasteiger partial charge in [0, 0.05) is 17.1 Å². The van der Waals surface area contributed by atoms with Gasteiger partial charge in [-0.25, -0.2) is 18.5 Å². The molecule has 2 aromatic heterocycles. The smallest absolute Gasteiger partial charge is 0.256 e. The number of fused-ring (bicyclic) bond motifs is 1. The number of rotatable bonds is 5. The Morgan fingerprint density at radius 1 is 1.22 bits per heavy atom. The largest absolute Gasteiger partial charge is 0.325 e. The molecule has 0 spiro atoms. The molecule has 3 aromatic rings. The molecule has 0 radical (unpaired) electrons. The van der Waals surface area contributed by atoms with Gasteiger partial charge in [-0.15, -0.1) is 10.2 Å². The van der Waals surface area contributed by atoms with Crippen LogP contribution in [0.25, 0.3) is 5.78 Å². The zero-order chi connectivity index (χ0) is 19.8. The molecule has 0 aliphatic rings. The summed E-state index contributed by atoms with van der Waals surface area (Å²) in [5, 5.41) is 16.1. The highest BCUT2D eigenvalue weighted by Gasteiger charge is 2.19. The molecule has 142 valence electrons. The quantitative estimate of drug-likeness (QED) is 0.614. The lowest BCUT2D eigenvalue weighted by Gasteiger charge is -2.12. The van der Waals surface area contributed by atoms with E-state index in [1.54, 1.807) is 11.3 Å². The third-order valence-corrected chi connectivity index (χ3v) is 5.74. The van der Waals surface area contributed by atoms with Gasteiger partial charge in [-0.1, -0.05) is 11.8 Å². The molecule has 0 fully saturated rings. The second-order valence-corrected chi connectivity index (χ2v) is 8.84. The highest BCUT2D eigenvalue weighted by atomic mass is 32.2. The number of amides is 1. The van der Waals surface area contributed by atoms with E-state index in [4.69, 9.17) is 5.14 Å². The number of thioether (sulfide) groups is 1. The van der Waals surface area contributed by atoms with Crippen molar-refractivity contribution >= 4 is 39.2 Å². The Labute approximate surface area is 160 Å². The van der Waals surface area contributed by atoms with E-state index in [2.05, 4.69) is 20.5 Å². The molecule has 27 heavy (non-hydrogen) atoms. The molecule has 3 rings (SSSR count). The van der Waals surface area contributed by atoms with Crippen LogP contribution in [-0.2, 0) is 14.8 Å². The van der Waals surface area contributed by atoms with Crippen molar-refractivity contribution < 1.29 is 13.2 Å². The van der Waals surface area contributed by atoms with Gasteiger partial charge in [0.05, 0.1) is 10.1 Å². The van der Waals surface area contributed by atoms with Gasteiger partial charge in [0.15, 0.2) is 5.16 Å². The van der Waals surface area contributed by atoms with Crippen LogP contribution >= 0.6 is 11.8 Å². The highest BCUT2D eigenvalue weighted by molar-refractivity contribution is 8.00. The summed E-state index contributed by atoms with van der Waals surface area (Å²) in [6.07, 6.45) is 0. The van der Waals surface area contributed by atoms with Crippen molar-refractivity contribution in [3.8, 4) is 0 Å². The SMILES string of the molecule is Cc1cc(C)n2c(S[C@H](C)C(=O)Nc3ccc(S(N)(=O)=O)cc3)nnc2n1. The molecule has 0 saturated carbocycles. The number of carbonyl (C=O) groups excluding carboxylic acids is 1. The van der Waals surface area contributed by atoms with Crippen molar-refractivity contribution in [2.75, 3.05) is 5.32 Å². The van der Waals surface area contributed by atoms with Crippen LogP contribution < -0.4 is 10.5 Å². The van der Waals surface area contributed by atoms with Crippen LogP contribution in [0.4, 0.5) is 5.69 Å². The molecule has 2 heterocycles. The summed E-state index contributed by atoms with van der Waals surface area (Å²) in [6.45, 7) is 5.55. The number of nitrogens with two attached hydrogens (primary N) is 1. The Kier molecular flexibility index (Phi) is 5.18. The number of sulfonamides is 1. The molecule has 1 atom stereocenters. The summed E-state index contributed by atoms with van der Waals surface area (Å²) in [7, 11) is -3.77. The molecule has 9 nitrogen and oxygen atoms in total. The Morgan fingerprint density at radius 2 is 1.89 bits per heavy atom. The molecule has 3 N–H and O–H groups in total. The van der Waals surface area contributed by atoms with E-state index in [0.717, 1.165) is 11.4 Å². The Bertz CT molecular complexity index is 1110. The minimum atomic E-state index is -3.77. The number of primary sulfonamides is 1. The maximum atomic E-state index is 12.4. The summed E-state index contributed by atoms with van der Waals surface area (Å²) in [5.74, 6) is 0.235. The Balaban J connectivity index is 1.73. The minimum absolute atomic E-state index is 0.0175. The molecule has 0 aliphatic carbocycles. The van der Waals surface area contributed by atoms with Gasteiger partial charge in [0.25, 0.3) is 5.78 Å². The molecule has 1 amide bonds. The van der Waals surface area contributed by atoms with Gasteiger partial charge < -0.3 is 5.32 Å². The summed E-state index contributed by atoms with van der Waals surface area (Å²) in [4.78, 5) is 16.8. The van der Waals surface area contributed by atoms with E-state index >= 15 is 0 Å². The lowest BCUT2D eigenvalue weighted by molar-refractivity contribution is -0.115. The van der Waals surface area contributed by atoms with E-state index in [9.17, 15) is 13.2 Å². The summed E-state index contributed by atoms with van der Waals surface area (Å²) < 4.78 is 24.3. The third kappa shape index (κ3) is 4.26. The fourth-order valence-electron chi connectivity index (χ4n) is 2.46. The van der Waals surface area contributed by atoms with Gasteiger partial charge in [-0.05, 0) is 51.1 Å². The van der Waals surface area contributed by atoms with Gasteiger partial charge in [-0.2, -0.15) is 0 Å². The van der Waals surface area contributed by atoms with Crippen LogP contribution in [0.15, 0.2) is 40.4 Å². The van der Waals surface area contributed by atoms with Gasteiger partial charge in [0.1, 0.15) is 0 Å². The topological polar surface area (TPSA) is 132 Å². The molecular weight excluding hydrogens is 388 g/mol. The monoisotopic (exact) mass is 406 g/mol. The van der Waals surface area contributed by atoms with Gasteiger partial charge >= 0.3 is 0 Å². The van der Waals surface area contributed by atoms with Crippen molar-refractivity contribution in [2.24, 2.45) is 5.14 Å². The zero-order valence-corrected chi connectivity index (χ0v) is 16.5. The molecular formula is C16H18N6O3S2. The van der Waals surface area contributed by atoms with Crippen molar-refractivity contribution in [1.82, 2.24) is 19.6 Å². The number of benzene rings is 1. The van der Waals surface area contributed by atoms with Gasteiger partial charge in [0.2, 0.25) is 15.9 Å². The molecule has 0 unspecified atom stereocenters. The van der Waals surface area contributed by atoms with Crippen LogP contribution in [0, 0.1) is 13.8 Å². The van der Waals surface area contributed by atoms with Crippen LogP contribution in [0.3, 0.4) is 0 Å². The zero-order valence-electron chi connectivity index (χ0n) is 14.9. The predicted molar refractivity (Wildman–Crippen MR) is 102 cm³/mol. The van der Waals surface area contributed by atoms with Crippen LogP contribution in [0.1, 0.15) is 18.3 Å². The number of hydrogen-bond acceptors (Lipinski definition) is 7. The van der Waals surface area contributed by atoms with Gasteiger partial charge in [-0.3, -0.25) is 9.20 Å². The second-order valence-electron chi connectivity index (χ2n) is 5.98. The first kappa shape index (κ1) is 19.3. The second kappa shape index (κ2) is 7.25. The highest BCUT2D eigenvalue weighted by Crippen LogP contribution is 2.24. The summed E-state index contributed by atoms with van der Waals surface area (Å²) in [6, 6.07) is 7.56. The van der Waals surface area contributed by atoms with E-state index < -0.39 is 15.3 Å².